The second-order valence-electron chi connectivity index (χ2n) is 5.91. The van der Waals surface area contributed by atoms with Crippen LogP contribution in [0.15, 0.2) is 18.5 Å². The van der Waals surface area contributed by atoms with E-state index in [1.54, 1.807) is 13.2 Å². The van der Waals surface area contributed by atoms with Crippen LogP contribution in [-0.4, -0.2) is 29.2 Å². The molecule has 1 aliphatic rings. The van der Waals surface area contributed by atoms with Gasteiger partial charge in [-0.2, -0.15) is 0 Å². The zero-order valence-electron chi connectivity index (χ0n) is 13.1. The van der Waals surface area contributed by atoms with Crippen molar-refractivity contribution in [3.63, 3.8) is 0 Å². The van der Waals surface area contributed by atoms with Crippen molar-refractivity contribution in [2.45, 2.75) is 44.8 Å². The maximum Gasteiger partial charge on any atom is 0.143 e. The van der Waals surface area contributed by atoms with E-state index in [1.807, 2.05) is 0 Å². The molecule has 5 nitrogen and oxygen atoms in total. The number of hydrogen-bond acceptors (Lipinski definition) is 4. The minimum Gasteiger partial charge on any atom is -0.346 e. The number of fused-ring (bicyclic) bond motifs is 1. The largest absolute Gasteiger partial charge is 0.346 e. The molecule has 0 bridgehead atoms. The van der Waals surface area contributed by atoms with Gasteiger partial charge in [0.1, 0.15) is 5.82 Å². The van der Waals surface area contributed by atoms with Gasteiger partial charge in [0.05, 0.1) is 24.3 Å². The van der Waals surface area contributed by atoms with Gasteiger partial charge < -0.3 is 14.7 Å². The zero-order chi connectivity index (χ0) is 15.5. The quantitative estimate of drug-likeness (QED) is 0.581. The predicted molar refractivity (Wildman–Crippen MR) is 83.9 cm³/mol. The molecule has 120 valence electrons. The Kier molecular flexibility index (Phi) is 4.71. The van der Waals surface area contributed by atoms with Crippen LogP contribution in [0.4, 0.5) is 4.39 Å². The Labute approximate surface area is 129 Å². The normalized spacial score (nSPS) is 16.3. The number of hydrogen-bond donors (Lipinski definition) is 2. The molecular formula is C16H23FN4O. The molecule has 2 aromatic heterocycles. The number of halogens is 1. The number of aryl methyl sites for hydroxylation is 1. The van der Waals surface area contributed by atoms with Gasteiger partial charge in [-0.05, 0) is 26.2 Å². The Balaban J connectivity index is 1.84. The van der Waals surface area contributed by atoms with Gasteiger partial charge in [-0.25, -0.2) is 9.87 Å². The van der Waals surface area contributed by atoms with Gasteiger partial charge in [-0.3, -0.25) is 4.98 Å². The molecule has 2 N–H and O–H groups in total. The van der Waals surface area contributed by atoms with Crippen molar-refractivity contribution in [1.29, 1.82) is 0 Å². The van der Waals surface area contributed by atoms with Crippen LogP contribution < -0.4 is 10.8 Å². The molecular weight excluding hydrogens is 283 g/mol. The second-order valence-corrected chi connectivity index (χ2v) is 5.91. The van der Waals surface area contributed by atoms with E-state index in [9.17, 15) is 4.39 Å². The molecule has 0 saturated heterocycles. The zero-order valence-corrected chi connectivity index (χ0v) is 13.1. The van der Waals surface area contributed by atoms with Crippen LogP contribution in [0.5, 0.6) is 0 Å². The Morgan fingerprint density at radius 2 is 2.32 bits per heavy atom. The third kappa shape index (κ3) is 3.45. The van der Waals surface area contributed by atoms with Crippen molar-refractivity contribution in [2.75, 3.05) is 13.7 Å². The fourth-order valence-corrected chi connectivity index (χ4v) is 2.79. The molecule has 2 aromatic rings. The molecule has 2 heterocycles. The number of aromatic nitrogens is 2. The lowest BCUT2D eigenvalue weighted by Gasteiger charge is -2.11. The van der Waals surface area contributed by atoms with Gasteiger partial charge in [0.2, 0.25) is 0 Å². The van der Waals surface area contributed by atoms with Crippen molar-refractivity contribution in [3.8, 4) is 0 Å². The first-order chi connectivity index (χ1) is 10.7. The molecule has 1 aliphatic carbocycles. The van der Waals surface area contributed by atoms with Gasteiger partial charge in [0, 0.05) is 43.0 Å². The summed E-state index contributed by atoms with van der Waals surface area (Å²) in [5.41, 5.74) is 5.72. The summed E-state index contributed by atoms with van der Waals surface area (Å²) in [6.45, 7) is 3.70. The molecule has 0 spiro atoms. The summed E-state index contributed by atoms with van der Waals surface area (Å²) in [4.78, 5) is 9.16. The lowest BCUT2D eigenvalue weighted by atomic mass is 10.1. The molecule has 0 aromatic carbocycles. The SMILES string of the molecule is CONCCCn1cc(C(C)NC2CC2)c2ncc(F)cc21. The number of nitrogens with one attached hydrogen (secondary N) is 2. The van der Waals surface area contributed by atoms with Gasteiger partial charge in [0.15, 0.2) is 0 Å². The molecule has 1 saturated carbocycles. The molecule has 0 aliphatic heterocycles. The van der Waals surface area contributed by atoms with Crippen LogP contribution in [-0.2, 0) is 11.4 Å². The van der Waals surface area contributed by atoms with Crippen molar-refractivity contribution < 1.29 is 9.23 Å². The average Bonchev–Trinajstić information content (AvgIpc) is 3.24. The topological polar surface area (TPSA) is 51.1 Å². The van der Waals surface area contributed by atoms with Crippen LogP contribution >= 0.6 is 0 Å². The fourth-order valence-electron chi connectivity index (χ4n) is 2.79. The third-order valence-electron chi connectivity index (χ3n) is 4.06. The fraction of sp³-hybridized carbons (Fsp3) is 0.562. The van der Waals surface area contributed by atoms with E-state index in [4.69, 9.17) is 4.84 Å². The van der Waals surface area contributed by atoms with E-state index in [-0.39, 0.29) is 11.9 Å². The molecule has 0 radical (unpaired) electrons. The minimum absolute atomic E-state index is 0.228. The highest BCUT2D eigenvalue weighted by Crippen LogP contribution is 2.29. The summed E-state index contributed by atoms with van der Waals surface area (Å²) >= 11 is 0. The predicted octanol–water partition coefficient (Wildman–Crippen LogP) is 2.53. The van der Waals surface area contributed by atoms with E-state index in [0.717, 1.165) is 36.1 Å². The van der Waals surface area contributed by atoms with Crippen LogP contribution in [0.3, 0.4) is 0 Å². The van der Waals surface area contributed by atoms with Crippen molar-refractivity contribution in [2.24, 2.45) is 0 Å². The Bertz CT molecular complexity index is 638. The monoisotopic (exact) mass is 306 g/mol. The van der Waals surface area contributed by atoms with Crippen LogP contribution in [0.1, 0.15) is 37.8 Å². The number of nitrogens with zero attached hydrogens (tertiary/aromatic N) is 2. The third-order valence-corrected chi connectivity index (χ3v) is 4.06. The van der Waals surface area contributed by atoms with Crippen molar-refractivity contribution in [3.05, 3.63) is 29.8 Å². The maximum atomic E-state index is 13.6. The lowest BCUT2D eigenvalue weighted by molar-refractivity contribution is 0.0902. The van der Waals surface area contributed by atoms with Gasteiger partial charge in [-0.1, -0.05) is 0 Å². The first-order valence-electron chi connectivity index (χ1n) is 7.85. The Morgan fingerprint density at radius 1 is 1.50 bits per heavy atom. The van der Waals surface area contributed by atoms with E-state index >= 15 is 0 Å². The lowest BCUT2D eigenvalue weighted by Crippen LogP contribution is -2.20. The van der Waals surface area contributed by atoms with E-state index < -0.39 is 0 Å². The average molecular weight is 306 g/mol. The highest BCUT2D eigenvalue weighted by Gasteiger charge is 2.25. The standard InChI is InChI=1S/C16H23FN4O/c1-11(20-13-4-5-13)14-10-21(7-3-6-19-22-2)15-8-12(17)9-18-16(14)15/h8-11,13,19-20H,3-7H2,1-2H3. The van der Waals surface area contributed by atoms with E-state index in [2.05, 4.69) is 33.5 Å². The van der Waals surface area contributed by atoms with Crippen LogP contribution in [0, 0.1) is 5.82 Å². The van der Waals surface area contributed by atoms with Crippen molar-refractivity contribution >= 4 is 11.0 Å². The Hall–Kier alpha value is -1.50. The first kappa shape index (κ1) is 15.4. The molecule has 0 amide bonds. The van der Waals surface area contributed by atoms with E-state index in [0.29, 0.717) is 6.04 Å². The Morgan fingerprint density at radius 3 is 3.05 bits per heavy atom. The highest BCUT2D eigenvalue weighted by molar-refractivity contribution is 5.80. The molecule has 3 rings (SSSR count). The molecule has 22 heavy (non-hydrogen) atoms. The van der Waals surface area contributed by atoms with Crippen LogP contribution in [0.2, 0.25) is 0 Å². The van der Waals surface area contributed by atoms with E-state index in [1.165, 1.54) is 19.0 Å². The summed E-state index contributed by atoms with van der Waals surface area (Å²) in [6, 6.07) is 2.42. The van der Waals surface area contributed by atoms with Gasteiger partial charge >= 0.3 is 0 Å². The van der Waals surface area contributed by atoms with Crippen LogP contribution in [0.25, 0.3) is 11.0 Å². The maximum absolute atomic E-state index is 13.6. The summed E-state index contributed by atoms with van der Waals surface area (Å²) in [6.07, 6.45) is 6.79. The number of hydroxylamine groups is 1. The van der Waals surface area contributed by atoms with Crippen molar-refractivity contribution in [1.82, 2.24) is 20.3 Å². The smallest absolute Gasteiger partial charge is 0.143 e. The van der Waals surface area contributed by atoms with Gasteiger partial charge in [-0.15, -0.1) is 0 Å². The summed E-state index contributed by atoms with van der Waals surface area (Å²) in [7, 11) is 1.60. The summed E-state index contributed by atoms with van der Waals surface area (Å²) in [5.74, 6) is -0.295. The summed E-state index contributed by atoms with van der Waals surface area (Å²) < 4.78 is 15.7. The summed E-state index contributed by atoms with van der Waals surface area (Å²) in [5, 5.41) is 3.59. The number of pyridine rings is 1. The first-order valence-corrected chi connectivity index (χ1v) is 7.85. The molecule has 1 unspecified atom stereocenters. The molecule has 1 fully saturated rings. The molecule has 6 heteroatoms. The second kappa shape index (κ2) is 6.73. The molecule has 1 atom stereocenters. The highest BCUT2D eigenvalue weighted by atomic mass is 19.1. The number of rotatable bonds is 8. The minimum atomic E-state index is -0.295. The van der Waals surface area contributed by atoms with Gasteiger partial charge in [0.25, 0.3) is 0 Å².